The van der Waals surface area contributed by atoms with Crippen molar-refractivity contribution < 1.29 is 9.90 Å². The zero-order valence-corrected chi connectivity index (χ0v) is 22.6. The van der Waals surface area contributed by atoms with Crippen molar-refractivity contribution in [1.82, 2.24) is 0 Å². The van der Waals surface area contributed by atoms with E-state index in [0.717, 1.165) is 0 Å². The fourth-order valence-corrected chi connectivity index (χ4v) is 8.95. The van der Waals surface area contributed by atoms with Gasteiger partial charge in [0.2, 0.25) is 0 Å². The third kappa shape index (κ3) is 7.68. The fourth-order valence-electron chi connectivity index (χ4n) is 3.05. The summed E-state index contributed by atoms with van der Waals surface area (Å²) in [5.41, 5.74) is 1.93. The first-order valence-corrected chi connectivity index (χ1v) is 17.3. The van der Waals surface area contributed by atoms with E-state index in [0.29, 0.717) is 27.0 Å². The molecule has 0 saturated heterocycles. The van der Waals surface area contributed by atoms with Crippen LogP contribution in [-0.2, 0) is 11.2 Å². The van der Waals surface area contributed by atoms with E-state index in [1.807, 2.05) is 18.2 Å². The average Bonchev–Trinajstić information content (AvgIpc) is 2.83. The van der Waals surface area contributed by atoms with Crippen LogP contribution < -0.4 is 12.5 Å². The maximum absolute atomic E-state index is 10.8. The van der Waals surface area contributed by atoms with Crippen LogP contribution in [0.2, 0.25) is 10.0 Å². The summed E-state index contributed by atoms with van der Waals surface area (Å²) in [5.74, 6) is -0.889. The molecule has 4 aromatic carbocycles. The van der Waals surface area contributed by atoms with E-state index in [9.17, 15) is 4.79 Å². The topological polar surface area (TPSA) is 49.3 Å². The van der Waals surface area contributed by atoms with E-state index < -0.39 is 24.6 Å². The van der Waals surface area contributed by atoms with E-state index in [2.05, 4.69) is 53.8 Å². The second-order valence-electron chi connectivity index (χ2n) is 7.00. The number of anilines is 2. The van der Waals surface area contributed by atoms with Gasteiger partial charge in [0.05, 0.1) is 22.2 Å². The molecular formula is C26H21Cl3NO2Sn. The first kappa shape index (κ1) is 25.4. The van der Waals surface area contributed by atoms with Crippen LogP contribution in [0.15, 0.2) is 103 Å². The molecule has 33 heavy (non-hydrogen) atoms. The molecule has 7 heteroatoms. The summed E-state index contributed by atoms with van der Waals surface area (Å²) >= 11 is 10.1. The van der Waals surface area contributed by atoms with Crippen LogP contribution in [0.1, 0.15) is 5.56 Å². The van der Waals surface area contributed by atoms with E-state index in [1.165, 1.54) is 7.16 Å². The molecule has 0 spiro atoms. The van der Waals surface area contributed by atoms with Crippen molar-refractivity contribution in [2.75, 3.05) is 5.32 Å². The van der Waals surface area contributed by atoms with Crippen molar-refractivity contribution in [2.45, 2.75) is 6.42 Å². The Balaban J connectivity index is 0.000000194. The van der Waals surface area contributed by atoms with Crippen molar-refractivity contribution in [2.24, 2.45) is 0 Å². The predicted molar refractivity (Wildman–Crippen MR) is 141 cm³/mol. The molecule has 4 rings (SSSR count). The maximum atomic E-state index is 10.8. The minimum absolute atomic E-state index is 0.0642. The molecule has 167 valence electrons. The van der Waals surface area contributed by atoms with Crippen molar-refractivity contribution in [3.8, 4) is 0 Å². The number of carboxylic acids is 1. The van der Waals surface area contributed by atoms with Gasteiger partial charge >= 0.3 is 101 Å². The summed E-state index contributed by atoms with van der Waals surface area (Å²) in [6.07, 6.45) is -0.0642. The molecule has 0 bridgehead atoms. The Morgan fingerprint density at radius 1 is 0.727 bits per heavy atom. The number of hydrogen-bond donors (Lipinski definition) is 2. The Bertz CT molecular complexity index is 1130. The number of nitrogens with one attached hydrogen (secondary N) is 1. The van der Waals surface area contributed by atoms with Crippen molar-refractivity contribution in [3.63, 3.8) is 0 Å². The number of benzene rings is 4. The van der Waals surface area contributed by atoms with Gasteiger partial charge in [-0.2, -0.15) is 0 Å². The van der Waals surface area contributed by atoms with Crippen molar-refractivity contribution in [3.05, 3.63) is 119 Å². The number of aliphatic carboxylic acids is 1. The standard InChI is InChI=1S/C14H11Cl2NO2.2C6H5.ClH.Sn/c15-10-5-3-6-11(16)14(10)17-12-7-2-1-4-9(12)8-13(18)19;2*1-2-4-6-5-3-1;;/h1-7,17H,8H2,(H,18,19);2*1-5H;1H;/q;;;;+1/p-1. The first-order chi connectivity index (χ1) is 16.0. The van der Waals surface area contributed by atoms with Crippen LogP contribution >= 0.6 is 32.1 Å². The molecule has 0 saturated carbocycles. The van der Waals surface area contributed by atoms with Gasteiger partial charge in [-0.1, -0.05) is 47.5 Å². The molecular weight excluding hydrogens is 583 g/mol. The van der Waals surface area contributed by atoms with Crippen LogP contribution in [0.4, 0.5) is 11.4 Å². The molecule has 0 atom stereocenters. The number of para-hydroxylation sites is 2. The van der Waals surface area contributed by atoms with Crippen molar-refractivity contribution in [1.29, 1.82) is 0 Å². The third-order valence-corrected chi connectivity index (χ3v) is 13.0. The molecule has 0 aliphatic carbocycles. The molecule has 3 nitrogen and oxygen atoms in total. The zero-order valence-electron chi connectivity index (χ0n) is 17.5. The molecule has 0 aliphatic heterocycles. The monoisotopic (exact) mass is 604 g/mol. The quantitative estimate of drug-likeness (QED) is 0.251. The van der Waals surface area contributed by atoms with Crippen LogP contribution in [0.5, 0.6) is 0 Å². The van der Waals surface area contributed by atoms with Gasteiger partial charge in [0.15, 0.2) is 0 Å². The Kier molecular flexibility index (Phi) is 9.94. The molecule has 0 heterocycles. The fraction of sp³-hybridized carbons (Fsp3) is 0.0385. The van der Waals surface area contributed by atoms with Gasteiger partial charge in [0, 0.05) is 5.69 Å². The molecule has 4 aromatic rings. The average molecular weight is 605 g/mol. The van der Waals surface area contributed by atoms with Gasteiger partial charge in [-0.15, -0.1) is 0 Å². The van der Waals surface area contributed by atoms with Crippen LogP contribution in [0.3, 0.4) is 0 Å². The summed E-state index contributed by atoms with van der Waals surface area (Å²) in [6, 6.07) is 33.2. The molecule has 0 aliphatic rings. The normalized spacial score (nSPS) is 10.3. The van der Waals surface area contributed by atoms with Crippen LogP contribution in [-0.4, -0.2) is 29.7 Å². The Labute approximate surface area is 214 Å². The van der Waals surface area contributed by atoms with E-state index >= 15 is 0 Å². The van der Waals surface area contributed by atoms with Gasteiger partial charge in [-0.25, -0.2) is 0 Å². The van der Waals surface area contributed by atoms with Gasteiger partial charge in [-0.05, 0) is 23.8 Å². The number of carbonyl (C=O) groups is 1. The number of rotatable bonds is 6. The SMILES string of the molecule is O=C(O)Cc1ccccc1Nc1c(Cl)cccc1Cl.[Cl][Sn]([c]1ccccc1)[c]1ccccc1. The second-order valence-corrected chi connectivity index (χ2v) is 15.4. The van der Waals surface area contributed by atoms with Gasteiger partial charge in [-0.3, -0.25) is 4.79 Å². The summed E-state index contributed by atoms with van der Waals surface area (Å²) in [6.45, 7) is 0. The molecule has 1 radical (unpaired) electrons. The summed E-state index contributed by atoms with van der Waals surface area (Å²) in [7, 11) is 6.53. The third-order valence-electron chi connectivity index (χ3n) is 4.64. The van der Waals surface area contributed by atoms with E-state index in [1.54, 1.807) is 36.4 Å². The molecule has 0 fully saturated rings. The van der Waals surface area contributed by atoms with Gasteiger partial charge < -0.3 is 10.4 Å². The van der Waals surface area contributed by atoms with E-state index in [-0.39, 0.29) is 6.42 Å². The Morgan fingerprint density at radius 2 is 1.21 bits per heavy atom. The van der Waals surface area contributed by atoms with E-state index in [4.69, 9.17) is 37.2 Å². The van der Waals surface area contributed by atoms with Crippen LogP contribution in [0.25, 0.3) is 0 Å². The number of halogens is 3. The first-order valence-electron chi connectivity index (χ1n) is 10.1. The Morgan fingerprint density at radius 3 is 1.73 bits per heavy atom. The predicted octanol–water partition coefficient (Wildman–Crippen LogP) is 6.40. The summed E-state index contributed by atoms with van der Waals surface area (Å²) < 4.78 is 2.67. The minimum atomic E-state index is -2.03. The summed E-state index contributed by atoms with van der Waals surface area (Å²) in [4.78, 5) is 10.8. The molecule has 0 unspecified atom stereocenters. The van der Waals surface area contributed by atoms with Crippen molar-refractivity contribution >= 4 is 75.3 Å². The number of carboxylic acid groups (broad SMARTS) is 1. The number of hydrogen-bond acceptors (Lipinski definition) is 2. The van der Waals surface area contributed by atoms with Crippen LogP contribution in [0, 0.1) is 0 Å². The summed E-state index contributed by atoms with van der Waals surface area (Å²) in [5, 5.41) is 12.9. The van der Waals surface area contributed by atoms with Gasteiger partial charge in [0.25, 0.3) is 0 Å². The molecule has 2 N–H and O–H groups in total. The second kappa shape index (κ2) is 12.9. The molecule has 0 aromatic heterocycles. The zero-order chi connectivity index (χ0) is 23.6. The molecule has 0 amide bonds. The Hall–Kier alpha value is -2.18. The van der Waals surface area contributed by atoms with Gasteiger partial charge in [0.1, 0.15) is 0 Å².